The van der Waals surface area contributed by atoms with Crippen LogP contribution in [0.5, 0.6) is 0 Å². The molecule has 2 saturated heterocycles. The molecule has 4 nitrogen and oxygen atoms in total. The van der Waals surface area contributed by atoms with Crippen molar-refractivity contribution in [1.29, 1.82) is 0 Å². The van der Waals surface area contributed by atoms with Gasteiger partial charge in [-0.25, -0.2) is 0 Å². The Balaban J connectivity index is 2.14. The van der Waals surface area contributed by atoms with Crippen LogP contribution >= 0.6 is 0 Å². The van der Waals surface area contributed by atoms with Crippen molar-refractivity contribution >= 4 is 11.9 Å². The number of rotatable bonds is 0. The third kappa shape index (κ3) is 1.46. The second-order valence-electron chi connectivity index (χ2n) is 3.83. The van der Waals surface area contributed by atoms with Gasteiger partial charge in [-0.3, -0.25) is 9.59 Å². The number of carbonyl (C=O) groups excluding carboxylic acids is 2. The fraction of sp³-hybridized carbons (Fsp3) is 0.778. The molecule has 13 heavy (non-hydrogen) atoms. The molecule has 2 unspecified atom stereocenters. The topological polar surface area (TPSA) is 46.6 Å². The lowest BCUT2D eigenvalue weighted by atomic mass is 9.91. The van der Waals surface area contributed by atoms with Crippen LogP contribution in [0, 0.1) is 11.8 Å². The maximum Gasteiger partial charge on any atom is 0.317 e. The molecular formula is C9H13NO3. The van der Waals surface area contributed by atoms with Crippen LogP contribution in [-0.4, -0.2) is 37.0 Å². The van der Waals surface area contributed by atoms with E-state index in [1.807, 2.05) is 7.05 Å². The molecule has 4 heteroatoms. The van der Waals surface area contributed by atoms with Gasteiger partial charge in [0, 0.05) is 0 Å². The molecule has 2 atom stereocenters. The summed E-state index contributed by atoms with van der Waals surface area (Å²) in [5.41, 5.74) is 0. The predicted octanol–water partition coefficient (Wildman–Crippen LogP) is 0.0278. The number of ether oxygens (including phenoxy) is 1. The lowest BCUT2D eigenvalue weighted by Gasteiger charge is -2.11. The number of hydrogen-bond donors (Lipinski definition) is 0. The Morgan fingerprint density at radius 1 is 1.15 bits per heavy atom. The number of likely N-dealkylation sites (tertiary alicyclic amines) is 1. The molecule has 2 rings (SSSR count). The molecule has 0 aliphatic carbocycles. The van der Waals surface area contributed by atoms with Gasteiger partial charge in [0.05, 0.1) is 11.8 Å². The van der Waals surface area contributed by atoms with Gasteiger partial charge in [-0.2, -0.15) is 0 Å². The normalized spacial score (nSPS) is 35.5. The fourth-order valence-corrected chi connectivity index (χ4v) is 2.05. The zero-order valence-corrected chi connectivity index (χ0v) is 7.66. The van der Waals surface area contributed by atoms with Crippen molar-refractivity contribution in [3.63, 3.8) is 0 Å². The van der Waals surface area contributed by atoms with Crippen molar-refractivity contribution in [1.82, 2.24) is 4.90 Å². The van der Waals surface area contributed by atoms with E-state index in [1.165, 1.54) is 0 Å². The van der Waals surface area contributed by atoms with E-state index in [0.717, 1.165) is 25.9 Å². The molecule has 0 N–H and O–H groups in total. The third-order valence-corrected chi connectivity index (χ3v) is 2.94. The summed E-state index contributed by atoms with van der Waals surface area (Å²) in [5.74, 6) is -0.967. The highest BCUT2D eigenvalue weighted by atomic mass is 16.6. The van der Waals surface area contributed by atoms with E-state index in [1.54, 1.807) is 0 Å². The summed E-state index contributed by atoms with van der Waals surface area (Å²) >= 11 is 0. The number of nitrogens with zero attached hydrogens (tertiary/aromatic N) is 1. The predicted molar refractivity (Wildman–Crippen MR) is 44.8 cm³/mol. The summed E-state index contributed by atoms with van der Waals surface area (Å²) in [5, 5.41) is 0. The van der Waals surface area contributed by atoms with Crippen LogP contribution in [-0.2, 0) is 14.3 Å². The molecule has 0 aromatic rings. The largest absolute Gasteiger partial charge is 0.393 e. The van der Waals surface area contributed by atoms with Gasteiger partial charge in [0.1, 0.15) is 0 Å². The van der Waals surface area contributed by atoms with Crippen molar-refractivity contribution in [3.05, 3.63) is 0 Å². The monoisotopic (exact) mass is 183 g/mol. The molecule has 2 aliphatic heterocycles. The number of cyclic esters (lactones) is 2. The molecule has 0 aromatic carbocycles. The minimum absolute atomic E-state index is 0.169. The second-order valence-corrected chi connectivity index (χ2v) is 3.83. The van der Waals surface area contributed by atoms with E-state index in [0.29, 0.717) is 0 Å². The number of esters is 2. The molecule has 2 heterocycles. The number of hydrogen-bond acceptors (Lipinski definition) is 4. The van der Waals surface area contributed by atoms with Crippen LogP contribution in [0.3, 0.4) is 0 Å². The first-order valence-electron chi connectivity index (χ1n) is 4.62. The first-order valence-corrected chi connectivity index (χ1v) is 4.62. The Kier molecular flexibility index (Phi) is 2.07. The maximum atomic E-state index is 11.2. The Morgan fingerprint density at radius 2 is 1.62 bits per heavy atom. The van der Waals surface area contributed by atoms with E-state index in [-0.39, 0.29) is 23.8 Å². The zero-order chi connectivity index (χ0) is 9.42. The Labute approximate surface area is 76.8 Å². The summed E-state index contributed by atoms with van der Waals surface area (Å²) in [6.45, 7) is 1.76. The smallest absolute Gasteiger partial charge is 0.317 e. The minimum atomic E-state index is -0.315. The van der Waals surface area contributed by atoms with Gasteiger partial charge in [-0.05, 0) is 33.0 Å². The van der Waals surface area contributed by atoms with Crippen LogP contribution < -0.4 is 0 Å². The van der Waals surface area contributed by atoms with Gasteiger partial charge >= 0.3 is 11.9 Å². The van der Waals surface area contributed by atoms with Gasteiger partial charge in [0.15, 0.2) is 0 Å². The first kappa shape index (κ1) is 8.69. The van der Waals surface area contributed by atoms with E-state index in [2.05, 4.69) is 9.64 Å². The van der Waals surface area contributed by atoms with Gasteiger partial charge in [0.25, 0.3) is 0 Å². The molecule has 0 bridgehead atoms. The van der Waals surface area contributed by atoms with Gasteiger partial charge in [-0.1, -0.05) is 0 Å². The molecule has 0 saturated carbocycles. The molecule has 0 aromatic heterocycles. The fourth-order valence-electron chi connectivity index (χ4n) is 2.05. The lowest BCUT2D eigenvalue weighted by molar-refractivity contribution is -0.154. The van der Waals surface area contributed by atoms with E-state index >= 15 is 0 Å². The average Bonchev–Trinajstić information content (AvgIpc) is 2.27. The molecule has 0 amide bonds. The second kappa shape index (κ2) is 3.10. The van der Waals surface area contributed by atoms with Crippen molar-refractivity contribution in [2.45, 2.75) is 12.8 Å². The van der Waals surface area contributed by atoms with Crippen LogP contribution in [0.4, 0.5) is 0 Å². The summed E-state index contributed by atoms with van der Waals surface area (Å²) in [6, 6.07) is 0. The summed E-state index contributed by atoms with van der Waals surface area (Å²) in [4.78, 5) is 24.6. The molecule has 0 radical (unpaired) electrons. The highest BCUT2D eigenvalue weighted by molar-refractivity contribution is 5.96. The summed E-state index contributed by atoms with van der Waals surface area (Å²) < 4.78 is 4.60. The van der Waals surface area contributed by atoms with Crippen LogP contribution in [0.1, 0.15) is 12.8 Å². The highest BCUT2D eigenvalue weighted by Crippen LogP contribution is 2.31. The van der Waals surface area contributed by atoms with Gasteiger partial charge < -0.3 is 9.64 Å². The quantitative estimate of drug-likeness (QED) is 0.392. The van der Waals surface area contributed by atoms with Gasteiger partial charge in [0.2, 0.25) is 0 Å². The van der Waals surface area contributed by atoms with Crippen molar-refractivity contribution < 1.29 is 14.3 Å². The standard InChI is InChI=1S/C9H13NO3/c1-10-4-2-6-7(3-5-10)9(12)13-8(6)11/h6-7H,2-5H2,1H3. The Morgan fingerprint density at radius 3 is 2.08 bits per heavy atom. The number of fused-ring (bicyclic) bond motifs is 1. The van der Waals surface area contributed by atoms with Crippen molar-refractivity contribution in [2.75, 3.05) is 20.1 Å². The van der Waals surface area contributed by atoms with Crippen LogP contribution in [0.25, 0.3) is 0 Å². The summed E-state index contributed by atoms with van der Waals surface area (Å²) in [7, 11) is 2.01. The Hall–Kier alpha value is -0.900. The molecule has 2 aliphatic rings. The van der Waals surface area contributed by atoms with Crippen LogP contribution in [0.2, 0.25) is 0 Å². The SMILES string of the molecule is CN1CCC2C(=O)OC(=O)C2CC1. The molecule has 2 fully saturated rings. The van der Waals surface area contributed by atoms with E-state index in [9.17, 15) is 9.59 Å². The highest BCUT2D eigenvalue weighted by Gasteiger charge is 2.44. The molecule has 72 valence electrons. The number of carbonyl (C=O) groups is 2. The van der Waals surface area contributed by atoms with Crippen LogP contribution in [0.15, 0.2) is 0 Å². The van der Waals surface area contributed by atoms with E-state index in [4.69, 9.17) is 0 Å². The molecule has 0 spiro atoms. The maximum absolute atomic E-state index is 11.2. The molecular weight excluding hydrogens is 170 g/mol. The minimum Gasteiger partial charge on any atom is -0.393 e. The average molecular weight is 183 g/mol. The third-order valence-electron chi connectivity index (χ3n) is 2.94. The lowest BCUT2D eigenvalue weighted by Crippen LogP contribution is -2.20. The van der Waals surface area contributed by atoms with Crippen molar-refractivity contribution in [3.8, 4) is 0 Å². The zero-order valence-electron chi connectivity index (χ0n) is 7.66. The Bertz CT molecular complexity index is 227. The van der Waals surface area contributed by atoms with E-state index < -0.39 is 0 Å². The van der Waals surface area contributed by atoms with Crippen molar-refractivity contribution in [2.24, 2.45) is 11.8 Å². The summed E-state index contributed by atoms with van der Waals surface area (Å²) in [6.07, 6.45) is 1.51. The van der Waals surface area contributed by atoms with Gasteiger partial charge in [-0.15, -0.1) is 0 Å². The first-order chi connectivity index (χ1) is 6.18.